The van der Waals surface area contributed by atoms with Crippen LogP contribution in [0.5, 0.6) is 5.75 Å². The molecule has 0 radical (unpaired) electrons. The molecule has 1 heterocycles. The van der Waals surface area contributed by atoms with E-state index in [0.29, 0.717) is 17.3 Å². The highest BCUT2D eigenvalue weighted by Crippen LogP contribution is 2.31. The molecular formula is C21H22N2O3S. The van der Waals surface area contributed by atoms with Crippen LogP contribution in [0.1, 0.15) is 24.1 Å². The van der Waals surface area contributed by atoms with Gasteiger partial charge in [-0.05, 0) is 42.4 Å². The molecule has 140 valence electrons. The van der Waals surface area contributed by atoms with Crippen LogP contribution in [0.4, 0.5) is 0 Å². The Hall–Kier alpha value is -2.86. The summed E-state index contributed by atoms with van der Waals surface area (Å²) in [6.07, 6.45) is 0. The summed E-state index contributed by atoms with van der Waals surface area (Å²) in [6, 6.07) is 17.3. The highest BCUT2D eigenvalue weighted by atomic mass is 32.1. The first-order valence-electron chi connectivity index (χ1n) is 8.61. The van der Waals surface area contributed by atoms with Gasteiger partial charge in [0.2, 0.25) is 0 Å². The summed E-state index contributed by atoms with van der Waals surface area (Å²) in [5, 5.41) is 3.78. The molecule has 3 rings (SSSR count). The standard InChI is InChI=1S/C21H22N2O3S/c1-14-18(20(24)25-3)19(22-21(27)23(14)2)16-9-11-17(12-10-16)26-13-15-7-5-4-6-8-15/h4-12,19H,13H2,1-3H3,(H,22,27)/t19-/m0/s1. The predicted molar refractivity (Wildman–Crippen MR) is 108 cm³/mol. The quantitative estimate of drug-likeness (QED) is 0.630. The average molecular weight is 382 g/mol. The third-order valence-electron chi connectivity index (χ3n) is 4.62. The normalized spacial score (nSPS) is 16.8. The minimum atomic E-state index is -0.372. The van der Waals surface area contributed by atoms with Crippen molar-refractivity contribution in [3.05, 3.63) is 77.0 Å². The highest BCUT2D eigenvalue weighted by Gasteiger charge is 2.33. The molecule has 0 spiro atoms. The lowest BCUT2D eigenvalue weighted by Crippen LogP contribution is -2.46. The molecule has 1 aliphatic heterocycles. The average Bonchev–Trinajstić information content (AvgIpc) is 2.71. The molecule has 1 atom stereocenters. The van der Waals surface area contributed by atoms with E-state index < -0.39 is 0 Å². The smallest absolute Gasteiger partial charge is 0.337 e. The van der Waals surface area contributed by atoms with Crippen LogP contribution < -0.4 is 10.1 Å². The minimum Gasteiger partial charge on any atom is -0.489 e. The summed E-state index contributed by atoms with van der Waals surface area (Å²) in [4.78, 5) is 14.1. The van der Waals surface area contributed by atoms with E-state index in [1.165, 1.54) is 7.11 Å². The molecule has 0 aliphatic carbocycles. The zero-order valence-electron chi connectivity index (χ0n) is 15.6. The third-order valence-corrected chi connectivity index (χ3v) is 5.01. The van der Waals surface area contributed by atoms with Gasteiger partial charge in [0.25, 0.3) is 0 Å². The molecule has 6 heteroatoms. The summed E-state index contributed by atoms with van der Waals surface area (Å²) in [5.74, 6) is 0.391. The fourth-order valence-corrected chi connectivity index (χ4v) is 3.21. The van der Waals surface area contributed by atoms with Crippen molar-refractivity contribution in [2.45, 2.75) is 19.6 Å². The van der Waals surface area contributed by atoms with Crippen LogP contribution in [-0.2, 0) is 16.1 Å². The first kappa shape index (κ1) is 18.9. The van der Waals surface area contributed by atoms with E-state index >= 15 is 0 Å². The molecule has 0 fully saturated rings. The van der Waals surface area contributed by atoms with Crippen molar-refractivity contribution in [1.82, 2.24) is 10.2 Å². The Bertz CT molecular complexity index is 863. The summed E-state index contributed by atoms with van der Waals surface area (Å²) in [6.45, 7) is 2.37. The third kappa shape index (κ3) is 4.11. The van der Waals surface area contributed by atoms with Crippen LogP contribution in [0.25, 0.3) is 0 Å². The second-order valence-electron chi connectivity index (χ2n) is 6.28. The van der Waals surface area contributed by atoms with E-state index in [1.807, 2.05) is 68.6 Å². The van der Waals surface area contributed by atoms with Crippen LogP contribution in [0.3, 0.4) is 0 Å². The fraction of sp³-hybridized carbons (Fsp3) is 0.238. The van der Waals surface area contributed by atoms with Gasteiger partial charge in [0, 0.05) is 12.7 Å². The molecule has 0 saturated heterocycles. The molecule has 1 N–H and O–H groups in total. The number of nitrogens with zero attached hydrogens (tertiary/aromatic N) is 1. The van der Waals surface area contributed by atoms with E-state index in [2.05, 4.69) is 5.32 Å². The molecule has 0 bridgehead atoms. The monoisotopic (exact) mass is 382 g/mol. The SMILES string of the molecule is COC(=O)C1=C(C)N(C)C(=S)N[C@H]1c1ccc(OCc2ccccc2)cc1. The maximum atomic E-state index is 12.3. The Labute approximate surface area is 164 Å². The molecule has 1 aliphatic rings. The Morgan fingerprint density at radius 1 is 1.15 bits per heavy atom. The summed E-state index contributed by atoms with van der Waals surface area (Å²) in [5.41, 5.74) is 3.35. The number of carbonyl (C=O) groups is 1. The fourth-order valence-electron chi connectivity index (χ4n) is 2.96. The van der Waals surface area contributed by atoms with Crippen LogP contribution >= 0.6 is 12.2 Å². The second-order valence-corrected chi connectivity index (χ2v) is 6.66. The number of ether oxygens (including phenoxy) is 2. The van der Waals surface area contributed by atoms with Gasteiger partial charge in [-0.15, -0.1) is 0 Å². The number of allylic oxidation sites excluding steroid dienone is 1. The van der Waals surface area contributed by atoms with Crippen molar-refractivity contribution < 1.29 is 14.3 Å². The maximum Gasteiger partial charge on any atom is 0.337 e. The van der Waals surface area contributed by atoms with Crippen molar-refractivity contribution in [2.24, 2.45) is 0 Å². The molecule has 2 aromatic rings. The molecule has 0 unspecified atom stereocenters. The van der Waals surface area contributed by atoms with E-state index in [0.717, 1.165) is 22.6 Å². The Morgan fingerprint density at radius 2 is 1.81 bits per heavy atom. The molecule has 27 heavy (non-hydrogen) atoms. The van der Waals surface area contributed by atoms with Crippen molar-refractivity contribution in [1.29, 1.82) is 0 Å². The van der Waals surface area contributed by atoms with Gasteiger partial charge in [-0.25, -0.2) is 4.79 Å². The number of nitrogens with one attached hydrogen (secondary N) is 1. The summed E-state index contributed by atoms with van der Waals surface area (Å²) < 4.78 is 10.8. The number of benzene rings is 2. The van der Waals surface area contributed by atoms with Crippen LogP contribution in [0.15, 0.2) is 65.9 Å². The predicted octanol–water partition coefficient (Wildman–Crippen LogP) is 3.57. The van der Waals surface area contributed by atoms with E-state index in [1.54, 1.807) is 4.90 Å². The van der Waals surface area contributed by atoms with Gasteiger partial charge in [0.1, 0.15) is 12.4 Å². The van der Waals surface area contributed by atoms with Crippen LogP contribution in [-0.4, -0.2) is 30.1 Å². The van der Waals surface area contributed by atoms with E-state index in [-0.39, 0.29) is 12.0 Å². The molecule has 5 nitrogen and oxygen atoms in total. The summed E-state index contributed by atoms with van der Waals surface area (Å²) >= 11 is 5.38. The van der Waals surface area contributed by atoms with Gasteiger partial charge in [-0.1, -0.05) is 42.5 Å². The lowest BCUT2D eigenvalue weighted by atomic mass is 9.95. The lowest BCUT2D eigenvalue weighted by Gasteiger charge is -2.35. The number of thiocarbonyl (C=S) groups is 1. The van der Waals surface area contributed by atoms with Crippen molar-refractivity contribution >= 4 is 23.3 Å². The number of esters is 1. The van der Waals surface area contributed by atoms with Gasteiger partial charge in [-0.2, -0.15) is 0 Å². The Morgan fingerprint density at radius 3 is 2.44 bits per heavy atom. The van der Waals surface area contributed by atoms with Crippen molar-refractivity contribution in [3.63, 3.8) is 0 Å². The van der Waals surface area contributed by atoms with Gasteiger partial charge >= 0.3 is 5.97 Å². The van der Waals surface area contributed by atoms with E-state index in [9.17, 15) is 4.79 Å². The number of rotatable bonds is 5. The number of hydrogen-bond donors (Lipinski definition) is 1. The van der Waals surface area contributed by atoms with E-state index in [4.69, 9.17) is 21.7 Å². The zero-order chi connectivity index (χ0) is 19.4. The largest absolute Gasteiger partial charge is 0.489 e. The van der Waals surface area contributed by atoms with Gasteiger partial charge in [0.15, 0.2) is 5.11 Å². The topological polar surface area (TPSA) is 50.8 Å². The van der Waals surface area contributed by atoms with Crippen LogP contribution in [0, 0.1) is 0 Å². The van der Waals surface area contributed by atoms with Crippen LogP contribution in [0.2, 0.25) is 0 Å². The minimum absolute atomic E-state index is 0.357. The number of hydrogen-bond acceptors (Lipinski definition) is 4. The Balaban J connectivity index is 1.80. The highest BCUT2D eigenvalue weighted by molar-refractivity contribution is 7.80. The zero-order valence-corrected chi connectivity index (χ0v) is 16.4. The summed E-state index contributed by atoms with van der Waals surface area (Å²) in [7, 11) is 3.21. The first-order chi connectivity index (χ1) is 13.0. The number of carbonyl (C=O) groups excluding carboxylic acids is 1. The lowest BCUT2D eigenvalue weighted by molar-refractivity contribution is -0.136. The maximum absolute atomic E-state index is 12.3. The van der Waals surface area contributed by atoms with Crippen molar-refractivity contribution in [2.75, 3.05) is 14.2 Å². The van der Waals surface area contributed by atoms with Gasteiger partial charge in [-0.3, -0.25) is 0 Å². The molecular weight excluding hydrogens is 360 g/mol. The molecule has 0 aromatic heterocycles. The van der Waals surface area contributed by atoms with Crippen molar-refractivity contribution in [3.8, 4) is 5.75 Å². The second kappa shape index (κ2) is 8.22. The van der Waals surface area contributed by atoms with Gasteiger partial charge < -0.3 is 19.7 Å². The van der Waals surface area contributed by atoms with Gasteiger partial charge in [0.05, 0.1) is 18.7 Å². The molecule has 2 aromatic carbocycles. The Kier molecular flexibility index (Phi) is 5.76. The first-order valence-corrected chi connectivity index (χ1v) is 9.02. The molecule has 0 saturated carbocycles. The number of methoxy groups -OCH3 is 1. The molecule has 0 amide bonds.